The average Bonchev–Trinajstić information content (AvgIpc) is 3.02. The molecule has 0 heterocycles. The number of fused-ring (bicyclic) bond motifs is 3. The van der Waals surface area contributed by atoms with Crippen LogP contribution in [0.4, 0.5) is 0 Å². The van der Waals surface area contributed by atoms with Gasteiger partial charge in [-0.1, -0.05) is 60.7 Å². The number of hydrogen-bond donors (Lipinski definition) is 1. The molecule has 5 nitrogen and oxygen atoms in total. The van der Waals surface area contributed by atoms with E-state index in [-0.39, 0.29) is 4.90 Å². The third-order valence-corrected chi connectivity index (χ3v) is 6.61. The summed E-state index contributed by atoms with van der Waals surface area (Å²) in [6, 6.07) is 20.7. The first kappa shape index (κ1) is 19.4. The molecule has 6 heteroatoms. The Balaban J connectivity index is 1.52. The van der Waals surface area contributed by atoms with Gasteiger partial charge in [0.05, 0.1) is 4.90 Å². The van der Waals surface area contributed by atoms with Gasteiger partial charge in [-0.2, -0.15) is 4.72 Å². The molecular formula is C23H21NO4S. The van der Waals surface area contributed by atoms with Gasteiger partial charge in [0, 0.05) is 11.1 Å². The zero-order valence-corrected chi connectivity index (χ0v) is 17.0. The Bertz CT molecular complexity index is 1160. The first-order valence-corrected chi connectivity index (χ1v) is 10.8. The van der Waals surface area contributed by atoms with Crippen molar-refractivity contribution >= 4 is 16.0 Å². The third-order valence-electron chi connectivity index (χ3n) is 5.07. The fourth-order valence-corrected chi connectivity index (χ4v) is 4.93. The number of rotatable bonds is 5. The summed E-state index contributed by atoms with van der Waals surface area (Å²) >= 11 is 0. The Kier molecular flexibility index (Phi) is 4.98. The highest BCUT2D eigenvalue weighted by Crippen LogP contribution is 2.44. The van der Waals surface area contributed by atoms with Crippen molar-refractivity contribution in [2.75, 3.05) is 6.54 Å². The molecular weight excluding hydrogens is 386 g/mol. The largest absolute Gasteiger partial charge is 0.452 e. The minimum Gasteiger partial charge on any atom is -0.452 e. The van der Waals surface area contributed by atoms with Crippen LogP contribution in [0.3, 0.4) is 0 Å². The summed E-state index contributed by atoms with van der Waals surface area (Å²) in [5.74, 6) is -0.629. The van der Waals surface area contributed by atoms with E-state index in [4.69, 9.17) is 4.74 Å². The second-order valence-corrected chi connectivity index (χ2v) is 8.87. The summed E-state index contributed by atoms with van der Waals surface area (Å²) in [5.41, 5.74) is 5.31. The van der Waals surface area contributed by atoms with Gasteiger partial charge in [-0.05, 0) is 42.2 Å². The molecule has 0 amide bonds. The molecule has 3 aromatic rings. The zero-order chi connectivity index (χ0) is 20.6. The predicted molar refractivity (Wildman–Crippen MR) is 111 cm³/mol. The van der Waals surface area contributed by atoms with Gasteiger partial charge < -0.3 is 4.74 Å². The van der Waals surface area contributed by atoms with E-state index in [1.165, 1.54) is 0 Å². The number of esters is 1. The van der Waals surface area contributed by atoms with Crippen molar-refractivity contribution in [3.8, 4) is 11.1 Å². The molecule has 3 aromatic carbocycles. The van der Waals surface area contributed by atoms with Crippen LogP contribution in [0.1, 0.15) is 28.4 Å². The monoisotopic (exact) mass is 407 g/mol. The van der Waals surface area contributed by atoms with Crippen LogP contribution < -0.4 is 4.72 Å². The topological polar surface area (TPSA) is 72.5 Å². The fourth-order valence-electron chi connectivity index (χ4n) is 3.64. The number of sulfonamides is 1. The maximum Gasteiger partial charge on any atom is 0.321 e. The minimum absolute atomic E-state index is 0.168. The van der Waals surface area contributed by atoms with E-state index < -0.39 is 28.6 Å². The molecule has 0 spiro atoms. The Hall–Kier alpha value is -2.96. The van der Waals surface area contributed by atoms with E-state index in [1.54, 1.807) is 19.1 Å². The van der Waals surface area contributed by atoms with Crippen molar-refractivity contribution in [2.45, 2.75) is 24.8 Å². The number of ether oxygens (including phenoxy) is 1. The van der Waals surface area contributed by atoms with Crippen molar-refractivity contribution in [1.29, 1.82) is 0 Å². The van der Waals surface area contributed by atoms with Crippen molar-refractivity contribution in [1.82, 2.24) is 4.72 Å². The molecule has 0 atom stereocenters. The van der Waals surface area contributed by atoms with E-state index >= 15 is 0 Å². The van der Waals surface area contributed by atoms with Crippen LogP contribution in [-0.2, 0) is 19.6 Å². The van der Waals surface area contributed by atoms with Crippen LogP contribution in [0.2, 0.25) is 0 Å². The van der Waals surface area contributed by atoms with Gasteiger partial charge in [0.25, 0.3) is 0 Å². The molecule has 148 valence electrons. The SMILES string of the molecule is Cc1ccc(C)c(S(=O)(=O)NCC(=O)OC2c3ccccc3-c3ccccc32)c1. The number of benzene rings is 3. The summed E-state index contributed by atoms with van der Waals surface area (Å²) in [5, 5.41) is 0. The number of nitrogens with one attached hydrogen (secondary N) is 1. The van der Waals surface area contributed by atoms with Crippen molar-refractivity contribution in [3.63, 3.8) is 0 Å². The lowest BCUT2D eigenvalue weighted by molar-refractivity contribution is -0.145. The van der Waals surface area contributed by atoms with Gasteiger partial charge in [-0.25, -0.2) is 8.42 Å². The Morgan fingerprint density at radius 2 is 1.52 bits per heavy atom. The van der Waals surface area contributed by atoms with E-state index in [1.807, 2.05) is 61.5 Å². The average molecular weight is 407 g/mol. The second kappa shape index (κ2) is 7.46. The Morgan fingerprint density at radius 1 is 0.931 bits per heavy atom. The molecule has 0 unspecified atom stereocenters. The highest BCUT2D eigenvalue weighted by atomic mass is 32.2. The van der Waals surface area contributed by atoms with Crippen molar-refractivity contribution in [2.24, 2.45) is 0 Å². The first-order chi connectivity index (χ1) is 13.9. The van der Waals surface area contributed by atoms with E-state index in [0.717, 1.165) is 27.8 Å². The molecule has 29 heavy (non-hydrogen) atoms. The zero-order valence-electron chi connectivity index (χ0n) is 16.2. The summed E-state index contributed by atoms with van der Waals surface area (Å²) in [4.78, 5) is 12.7. The Morgan fingerprint density at radius 3 is 2.14 bits per heavy atom. The van der Waals surface area contributed by atoms with Crippen molar-refractivity contribution in [3.05, 3.63) is 89.0 Å². The lowest BCUT2D eigenvalue weighted by atomic mass is 10.1. The van der Waals surface area contributed by atoms with Crippen LogP contribution in [0, 0.1) is 13.8 Å². The van der Waals surface area contributed by atoms with Gasteiger partial charge in [0.2, 0.25) is 10.0 Å². The molecule has 0 saturated carbocycles. The van der Waals surface area contributed by atoms with Crippen LogP contribution >= 0.6 is 0 Å². The molecule has 0 fully saturated rings. The smallest absolute Gasteiger partial charge is 0.321 e. The van der Waals surface area contributed by atoms with Crippen molar-refractivity contribution < 1.29 is 17.9 Å². The maximum absolute atomic E-state index is 12.6. The standard InChI is InChI=1S/C23H21NO4S/c1-15-11-12-16(2)21(13-15)29(26,27)24-14-22(25)28-23-19-9-5-3-7-17(19)18-8-4-6-10-20(18)23/h3-13,23-24H,14H2,1-2H3. The number of carbonyl (C=O) groups excluding carboxylic acids is 1. The van der Waals surface area contributed by atoms with E-state index in [0.29, 0.717) is 5.56 Å². The predicted octanol–water partition coefficient (Wildman–Crippen LogP) is 3.89. The number of carbonyl (C=O) groups is 1. The van der Waals surface area contributed by atoms with E-state index in [9.17, 15) is 13.2 Å². The molecule has 4 rings (SSSR count). The lowest BCUT2D eigenvalue weighted by Crippen LogP contribution is -2.31. The summed E-state index contributed by atoms with van der Waals surface area (Å²) in [6.07, 6.45) is -0.542. The van der Waals surface area contributed by atoms with Crippen LogP contribution in [-0.4, -0.2) is 20.9 Å². The molecule has 0 aliphatic heterocycles. The summed E-state index contributed by atoms with van der Waals surface area (Å²) in [7, 11) is -3.81. The maximum atomic E-state index is 12.6. The molecule has 0 aromatic heterocycles. The molecule has 1 aliphatic carbocycles. The number of aryl methyl sites for hydroxylation is 2. The molecule has 0 saturated heterocycles. The fraction of sp³-hybridized carbons (Fsp3) is 0.174. The summed E-state index contributed by atoms with van der Waals surface area (Å²) in [6.45, 7) is 3.11. The van der Waals surface area contributed by atoms with Gasteiger partial charge in [0.15, 0.2) is 6.10 Å². The Labute approximate surface area is 170 Å². The quantitative estimate of drug-likeness (QED) is 0.651. The molecule has 0 bridgehead atoms. The van der Waals surface area contributed by atoms with Gasteiger partial charge >= 0.3 is 5.97 Å². The third kappa shape index (κ3) is 3.69. The number of hydrogen-bond acceptors (Lipinski definition) is 4. The molecule has 0 radical (unpaired) electrons. The van der Waals surface area contributed by atoms with Crippen LogP contribution in [0.5, 0.6) is 0 Å². The second-order valence-electron chi connectivity index (χ2n) is 7.14. The molecule has 1 aliphatic rings. The van der Waals surface area contributed by atoms with Gasteiger partial charge in [-0.15, -0.1) is 0 Å². The minimum atomic E-state index is -3.81. The van der Waals surface area contributed by atoms with E-state index in [2.05, 4.69) is 4.72 Å². The highest BCUT2D eigenvalue weighted by Gasteiger charge is 2.31. The highest BCUT2D eigenvalue weighted by molar-refractivity contribution is 7.89. The lowest BCUT2D eigenvalue weighted by Gasteiger charge is -2.16. The first-order valence-electron chi connectivity index (χ1n) is 9.31. The normalized spacial score (nSPS) is 13.0. The summed E-state index contributed by atoms with van der Waals surface area (Å²) < 4.78 is 33.3. The van der Waals surface area contributed by atoms with Crippen LogP contribution in [0.25, 0.3) is 11.1 Å². The van der Waals surface area contributed by atoms with Gasteiger partial charge in [0.1, 0.15) is 6.54 Å². The van der Waals surface area contributed by atoms with Gasteiger partial charge in [-0.3, -0.25) is 4.79 Å². The van der Waals surface area contributed by atoms with Crippen LogP contribution in [0.15, 0.2) is 71.6 Å². The molecule has 1 N–H and O–H groups in total.